The van der Waals surface area contributed by atoms with Gasteiger partial charge in [-0.25, -0.2) is 8.42 Å². The van der Waals surface area contributed by atoms with Gasteiger partial charge in [-0.3, -0.25) is 0 Å². The maximum absolute atomic E-state index is 11.4. The molecule has 2 N–H and O–H groups in total. The second kappa shape index (κ2) is 4.48. The lowest BCUT2D eigenvalue weighted by Crippen LogP contribution is -2.05. The van der Waals surface area contributed by atoms with Crippen molar-refractivity contribution in [2.45, 2.75) is 12.3 Å². The summed E-state index contributed by atoms with van der Waals surface area (Å²) in [5.41, 5.74) is 0.213. The van der Waals surface area contributed by atoms with E-state index in [0.717, 1.165) is 0 Å². The Hall–Kier alpha value is -2.09. The first-order valence-corrected chi connectivity index (χ1v) is 7.83. The lowest BCUT2D eigenvalue weighted by molar-refractivity contribution is 0.412. The summed E-state index contributed by atoms with van der Waals surface area (Å²) in [6.07, 6.45) is 0.466. The first-order valence-electron chi connectivity index (χ1n) is 6.01. The molecule has 7 nitrogen and oxygen atoms in total. The largest absolute Gasteiger partial charge is 0.508 e. The minimum absolute atomic E-state index is 0.0119. The van der Waals surface area contributed by atoms with E-state index in [4.69, 9.17) is 4.52 Å². The summed E-state index contributed by atoms with van der Waals surface area (Å²) in [7, 11) is -3.02. The maximum atomic E-state index is 11.4. The number of phenols is 2. The average Bonchev–Trinajstić information content (AvgIpc) is 2.98. The molecule has 0 bridgehead atoms. The summed E-state index contributed by atoms with van der Waals surface area (Å²) in [5, 5.41) is 22.9. The van der Waals surface area contributed by atoms with Crippen LogP contribution in [-0.4, -0.2) is 40.3 Å². The number of aromatic hydroxyl groups is 2. The van der Waals surface area contributed by atoms with Crippen molar-refractivity contribution < 1.29 is 23.2 Å². The lowest BCUT2D eigenvalue weighted by atomic mass is 10.1. The highest BCUT2D eigenvalue weighted by Crippen LogP contribution is 2.33. The fourth-order valence-corrected chi connectivity index (χ4v) is 3.94. The van der Waals surface area contributed by atoms with Crippen molar-refractivity contribution in [1.29, 1.82) is 0 Å². The number of sulfone groups is 1. The van der Waals surface area contributed by atoms with Crippen LogP contribution in [0.4, 0.5) is 0 Å². The van der Waals surface area contributed by atoms with Crippen molar-refractivity contribution >= 4 is 9.84 Å². The van der Waals surface area contributed by atoms with Gasteiger partial charge < -0.3 is 14.7 Å². The summed E-state index contributed by atoms with van der Waals surface area (Å²) in [6, 6.07) is 3.95. The predicted molar refractivity (Wildman–Crippen MR) is 69.1 cm³/mol. The van der Waals surface area contributed by atoms with Crippen LogP contribution in [0.15, 0.2) is 22.7 Å². The smallest absolute Gasteiger partial charge is 0.261 e. The highest BCUT2D eigenvalue weighted by Gasteiger charge is 2.32. The molecule has 0 spiro atoms. The van der Waals surface area contributed by atoms with Crippen LogP contribution in [0.1, 0.15) is 18.2 Å². The lowest BCUT2D eigenvalue weighted by Gasteiger charge is -2.00. The van der Waals surface area contributed by atoms with Crippen LogP contribution in [0.5, 0.6) is 11.5 Å². The van der Waals surface area contributed by atoms with Crippen molar-refractivity contribution in [3.63, 3.8) is 0 Å². The molecule has 2 heterocycles. The van der Waals surface area contributed by atoms with Crippen LogP contribution in [-0.2, 0) is 9.84 Å². The van der Waals surface area contributed by atoms with Gasteiger partial charge in [-0.15, -0.1) is 0 Å². The number of benzene rings is 1. The molecule has 20 heavy (non-hydrogen) atoms. The average molecular weight is 296 g/mol. The Morgan fingerprint density at radius 2 is 2.10 bits per heavy atom. The molecule has 1 atom stereocenters. The first-order chi connectivity index (χ1) is 9.44. The molecule has 0 amide bonds. The summed E-state index contributed by atoms with van der Waals surface area (Å²) in [4.78, 5) is 4.12. The molecule has 106 valence electrons. The molecule has 1 aromatic carbocycles. The van der Waals surface area contributed by atoms with Gasteiger partial charge in [0.25, 0.3) is 5.89 Å². The maximum Gasteiger partial charge on any atom is 0.261 e. The molecule has 1 unspecified atom stereocenters. The van der Waals surface area contributed by atoms with Crippen LogP contribution in [0.25, 0.3) is 11.5 Å². The number of rotatable bonds is 2. The van der Waals surface area contributed by atoms with Crippen LogP contribution in [0.3, 0.4) is 0 Å². The Balaban J connectivity index is 1.93. The highest BCUT2D eigenvalue weighted by molar-refractivity contribution is 7.91. The summed E-state index contributed by atoms with van der Waals surface area (Å²) < 4.78 is 27.9. The monoisotopic (exact) mass is 296 g/mol. The molecule has 1 saturated heterocycles. The quantitative estimate of drug-likeness (QED) is 0.796. The summed E-state index contributed by atoms with van der Waals surface area (Å²) >= 11 is 0. The highest BCUT2D eigenvalue weighted by atomic mass is 32.2. The van der Waals surface area contributed by atoms with Crippen molar-refractivity contribution in [3.05, 3.63) is 24.0 Å². The third-order valence-electron chi connectivity index (χ3n) is 3.25. The normalized spacial score (nSPS) is 21.1. The summed E-state index contributed by atoms with van der Waals surface area (Å²) in [5.74, 6) is 0.0770. The molecule has 0 radical (unpaired) electrons. The zero-order chi connectivity index (χ0) is 14.3. The first kappa shape index (κ1) is 12.9. The molecular formula is C12H12N2O5S. The van der Waals surface area contributed by atoms with Crippen LogP contribution in [0.2, 0.25) is 0 Å². The van der Waals surface area contributed by atoms with Gasteiger partial charge in [-0.05, 0) is 24.6 Å². The van der Waals surface area contributed by atoms with E-state index in [1.165, 1.54) is 18.2 Å². The Kier molecular flexibility index (Phi) is 2.89. The number of nitrogens with zero attached hydrogens (tertiary/aromatic N) is 2. The third-order valence-corrected chi connectivity index (χ3v) is 5.02. The number of phenolic OH excluding ortho intramolecular Hbond substituents is 2. The van der Waals surface area contributed by atoms with Crippen LogP contribution < -0.4 is 0 Å². The Morgan fingerprint density at radius 1 is 1.30 bits per heavy atom. The predicted octanol–water partition coefficient (Wildman–Crippen LogP) is 1.05. The fraction of sp³-hybridized carbons (Fsp3) is 0.333. The zero-order valence-electron chi connectivity index (χ0n) is 10.4. The molecule has 2 aromatic rings. The van der Waals surface area contributed by atoms with Crippen molar-refractivity contribution in [1.82, 2.24) is 10.1 Å². The molecule has 1 aliphatic rings. The van der Waals surface area contributed by atoms with Crippen LogP contribution in [0, 0.1) is 0 Å². The molecule has 0 aliphatic carbocycles. The SMILES string of the molecule is O=S1(=O)CCC(c2noc(-c3cc(O)ccc3O)n2)C1. The molecule has 1 fully saturated rings. The van der Waals surface area contributed by atoms with E-state index in [1.807, 2.05) is 0 Å². The van der Waals surface area contributed by atoms with E-state index in [1.54, 1.807) is 0 Å². The second-order valence-corrected chi connectivity index (χ2v) is 6.99. The van der Waals surface area contributed by atoms with E-state index >= 15 is 0 Å². The van der Waals surface area contributed by atoms with Gasteiger partial charge >= 0.3 is 0 Å². The van der Waals surface area contributed by atoms with Gasteiger partial charge in [0, 0.05) is 5.92 Å². The minimum Gasteiger partial charge on any atom is -0.508 e. The van der Waals surface area contributed by atoms with Gasteiger partial charge in [0.2, 0.25) is 0 Å². The van der Waals surface area contributed by atoms with Crippen molar-refractivity contribution in [2.75, 3.05) is 11.5 Å². The topological polar surface area (TPSA) is 114 Å². The fourth-order valence-electron chi connectivity index (χ4n) is 2.20. The number of hydrogen-bond acceptors (Lipinski definition) is 7. The van der Waals surface area contributed by atoms with Crippen LogP contribution >= 0.6 is 0 Å². The van der Waals surface area contributed by atoms with Crippen molar-refractivity contribution in [2.24, 2.45) is 0 Å². The van der Waals surface area contributed by atoms with E-state index in [0.29, 0.717) is 12.2 Å². The zero-order valence-corrected chi connectivity index (χ0v) is 11.2. The molecule has 1 aromatic heterocycles. The van der Waals surface area contributed by atoms with E-state index in [2.05, 4.69) is 10.1 Å². The van der Waals surface area contributed by atoms with Gasteiger partial charge in [-0.1, -0.05) is 5.16 Å². The number of hydrogen-bond donors (Lipinski definition) is 2. The van der Waals surface area contributed by atoms with Gasteiger partial charge in [-0.2, -0.15) is 4.98 Å². The Morgan fingerprint density at radius 3 is 2.80 bits per heavy atom. The third kappa shape index (κ3) is 2.34. The second-order valence-electron chi connectivity index (χ2n) is 4.76. The van der Waals surface area contributed by atoms with E-state index < -0.39 is 9.84 Å². The summed E-state index contributed by atoms with van der Waals surface area (Å²) in [6.45, 7) is 0. The molecule has 1 aliphatic heterocycles. The molecular weight excluding hydrogens is 284 g/mol. The van der Waals surface area contributed by atoms with E-state index in [9.17, 15) is 18.6 Å². The number of aromatic nitrogens is 2. The van der Waals surface area contributed by atoms with Crippen molar-refractivity contribution in [3.8, 4) is 23.0 Å². The Bertz CT molecular complexity index is 753. The Labute approximate surface area is 114 Å². The van der Waals surface area contributed by atoms with Gasteiger partial charge in [0.15, 0.2) is 15.7 Å². The van der Waals surface area contributed by atoms with Gasteiger partial charge in [0.1, 0.15) is 11.5 Å². The minimum atomic E-state index is -3.02. The standard InChI is InChI=1S/C12H12N2O5S/c15-8-1-2-10(16)9(5-8)12-13-11(14-19-12)7-3-4-20(17,18)6-7/h1-2,5,7,15-16H,3-4,6H2. The van der Waals surface area contributed by atoms with Gasteiger partial charge in [0.05, 0.1) is 17.1 Å². The molecule has 0 saturated carbocycles. The van der Waals surface area contributed by atoms with E-state index in [-0.39, 0.29) is 40.4 Å². The molecule has 3 rings (SSSR count). The molecule has 8 heteroatoms.